The molecule has 0 aliphatic carbocycles. The van der Waals surface area contributed by atoms with Gasteiger partial charge in [-0.2, -0.15) is 0 Å². The summed E-state index contributed by atoms with van der Waals surface area (Å²) in [6.07, 6.45) is 2.81. The van der Waals surface area contributed by atoms with Crippen molar-refractivity contribution in [3.05, 3.63) is 0 Å². The Morgan fingerprint density at radius 2 is 2.16 bits per heavy atom. The molecule has 1 fully saturated rings. The summed E-state index contributed by atoms with van der Waals surface area (Å²) in [5.74, 6) is -0.169. The maximum absolute atomic E-state index is 11.5. The highest BCUT2D eigenvalue weighted by molar-refractivity contribution is 5.75. The summed E-state index contributed by atoms with van der Waals surface area (Å²) in [6, 6.07) is 0. The molecule has 19 heavy (non-hydrogen) atoms. The van der Waals surface area contributed by atoms with Crippen molar-refractivity contribution >= 4 is 11.9 Å². The van der Waals surface area contributed by atoms with Gasteiger partial charge in [0.1, 0.15) is 0 Å². The maximum atomic E-state index is 11.5. The van der Waals surface area contributed by atoms with E-state index in [9.17, 15) is 9.59 Å². The van der Waals surface area contributed by atoms with Gasteiger partial charge in [-0.05, 0) is 31.8 Å². The van der Waals surface area contributed by atoms with Crippen LogP contribution < -0.4 is 5.32 Å². The first kappa shape index (κ1) is 15.9. The molecule has 1 aliphatic rings. The first-order valence-electron chi connectivity index (χ1n) is 6.84. The predicted molar refractivity (Wildman–Crippen MR) is 73.0 cm³/mol. The highest BCUT2D eigenvalue weighted by Gasteiger charge is 2.20. The van der Waals surface area contributed by atoms with Crippen LogP contribution in [0.4, 0.5) is 0 Å². The monoisotopic (exact) mass is 271 g/mol. The van der Waals surface area contributed by atoms with Crippen molar-refractivity contribution in [2.75, 3.05) is 46.8 Å². The number of hydrogen-bond acceptors (Lipinski definition) is 4. The Hall–Kier alpha value is -1.14. The molecule has 0 bridgehead atoms. The number of likely N-dealkylation sites (tertiary alicyclic amines) is 1. The number of carboxylic acid groups (broad SMARTS) is 1. The fourth-order valence-corrected chi connectivity index (χ4v) is 2.38. The molecule has 6 nitrogen and oxygen atoms in total. The van der Waals surface area contributed by atoms with Gasteiger partial charge in [-0.15, -0.1) is 0 Å². The quantitative estimate of drug-likeness (QED) is 0.674. The number of hydrogen-bond donors (Lipinski definition) is 2. The second kappa shape index (κ2) is 8.12. The zero-order chi connectivity index (χ0) is 14.3. The van der Waals surface area contributed by atoms with Gasteiger partial charge in [-0.1, -0.05) is 0 Å². The molecule has 1 amide bonds. The minimum absolute atomic E-state index is 0.0234. The summed E-state index contributed by atoms with van der Waals surface area (Å²) in [5, 5.41) is 11.5. The number of nitrogens with zero attached hydrogens (tertiary/aromatic N) is 2. The van der Waals surface area contributed by atoms with Gasteiger partial charge in [0.25, 0.3) is 0 Å². The van der Waals surface area contributed by atoms with Gasteiger partial charge in [-0.3, -0.25) is 9.59 Å². The molecule has 1 aliphatic heterocycles. The number of carbonyl (C=O) groups is 2. The fourth-order valence-electron chi connectivity index (χ4n) is 2.38. The molecule has 2 N–H and O–H groups in total. The molecule has 1 unspecified atom stereocenters. The SMILES string of the molecule is CN(C)C(=O)CCN1CCCC(CNCC(=O)O)C1. The normalized spacial score (nSPS) is 20.2. The number of carbonyl (C=O) groups excluding carboxylic acids is 1. The number of nitrogens with one attached hydrogen (secondary N) is 1. The van der Waals surface area contributed by atoms with Crippen LogP contribution in [-0.4, -0.2) is 73.6 Å². The number of rotatable bonds is 7. The smallest absolute Gasteiger partial charge is 0.317 e. The largest absolute Gasteiger partial charge is 0.480 e. The van der Waals surface area contributed by atoms with Gasteiger partial charge >= 0.3 is 5.97 Å². The van der Waals surface area contributed by atoms with E-state index in [0.29, 0.717) is 12.3 Å². The van der Waals surface area contributed by atoms with Gasteiger partial charge in [0, 0.05) is 33.6 Å². The van der Waals surface area contributed by atoms with Gasteiger partial charge in [-0.25, -0.2) is 0 Å². The lowest BCUT2D eigenvalue weighted by atomic mass is 9.98. The second-order valence-electron chi connectivity index (χ2n) is 5.37. The number of aliphatic carboxylic acids is 1. The van der Waals surface area contributed by atoms with Crippen molar-refractivity contribution in [2.24, 2.45) is 5.92 Å². The van der Waals surface area contributed by atoms with Crippen molar-refractivity contribution in [1.29, 1.82) is 0 Å². The van der Waals surface area contributed by atoms with Crippen LogP contribution in [0.2, 0.25) is 0 Å². The molecule has 110 valence electrons. The minimum atomic E-state index is -0.816. The Kier molecular flexibility index (Phi) is 6.80. The van der Waals surface area contributed by atoms with Crippen molar-refractivity contribution < 1.29 is 14.7 Å². The Bertz CT molecular complexity index is 308. The average molecular weight is 271 g/mol. The molecule has 0 spiro atoms. The average Bonchev–Trinajstić information content (AvgIpc) is 2.36. The fraction of sp³-hybridized carbons (Fsp3) is 0.846. The lowest BCUT2D eigenvalue weighted by Gasteiger charge is -2.32. The molecule has 1 rings (SSSR count). The highest BCUT2D eigenvalue weighted by Crippen LogP contribution is 2.15. The van der Waals surface area contributed by atoms with E-state index in [4.69, 9.17) is 5.11 Å². The summed E-state index contributed by atoms with van der Waals surface area (Å²) in [4.78, 5) is 25.9. The van der Waals surface area contributed by atoms with E-state index >= 15 is 0 Å². The first-order valence-corrected chi connectivity index (χ1v) is 6.84. The predicted octanol–water partition coefficient (Wildman–Crippen LogP) is -0.149. The van der Waals surface area contributed by atoms with Crippen molar-refractivity contribution in [2.45, 2.75) is 19.3 Å². The molecular weight excluding hydrogens is 246 g/mol. The van der Waals surface area contributed by atoms with E-state index in [1.165, 1.54) is 0 Å². The van der Waals surface area contributed by atoms with E-state index in [1.807, 2.05) is 0 Å². The van der Waals surface area contributed by atoms with E-state index in [-0.39, 0.29) is 12.5 Å². The van der Waals surface area contributed by atoms with Gasteiger partial charge in [0.15, 0.2) is 0 Å². The van der Waals surface area contributed by atoms with Crippen LogP contribution in [0, 0.1) is 5.92 Å². The van der Waals surface area contributed by atoms with E-state index < -0.39 is 5.97 Å². The van der Waals surface area contributed by atoms with Gasteiger partial charge in [0.05, 0.1) is 6.54 Å². The summed E-state index contributed by atoms with van der Waals surface area (Å²) in [5.41, 5.74) is 0. The van der Waals surface area contributed by atoms with Crippen molar-refractivity contribution in [3.63, 3.8) is 0 Å². The Labute approximate surface area is 114 Å². The topological polar surface area (TPSA) is 72.9 Å². The molecule has 0 aromatic carbocycles. The molecule has 0 aromatic heterocycles. The lowest BCUT2D eigenvalue weighted by molar-refractivity contribution is -0.136. The van der Waals surface area contributed by atoms with E-state index in [0.717, 1.165) is 39.0 Å². The maximum Gasteiger partial charge on any atom is 0.317 e. The van der Waals surface area contributed by atoms with Gasteiger partial charge in [0.2, 0.25) is 5.91 Å². The molecule has 1 heterocycles. The number of carboxylic acids is 1. The molecule has 0 radical (unpaired) electrons. The van der Waals surface area contributed by atoms with Crippen LogP contribution in [0.25, 0.3) is 0 Å². The summed E-state index contributed by atoms with van der Waals surface area (Å²) < 4.78 is 0. The van der Waals surface area contributed by atoms with Crippen molar-refractivity contribution in [3.8, 4) is 0 Å². The summed E-state index contributed by atoms with van der Waals surface area (Å²) in [7, 11) is 3.55. The molecular formula is C13H25N3O3. The summed E-state index contributed by atoms with van der Waals surface area (Å²) >= 11 is 0. The molecule has 0 saturated carbocycles. The second-order valence-corrected chi connectivity index (χ2v) is 5.37. The van der Waals surface area contributed by atoms with E-state index in [2.05, 4.69) is 10.2 Å². The Morgan fingerprint density at radius 3 is 2.79 bits per heavy atom. The molecule has 1 atom stereocenters. The molecule has 1 saturated heterocycles. The van der Waals surface area contributed by atoms with E-state index in [1.54, 1.807) is 19.0 Å². The Morgan fingerprint density at radius 1 is 1.42 bits per heavy atom. The zero-order valence-corrected chi connectivity index (χ0v) is 11.9. The van der Waals surface area contributed by atoms with Crippen LogP contribution in [0.5, 0.6) is 0 Å². The third-order valence-corrected chi connectivity index (χ3v) is 3.45. The van der Waals surface area contributed by atoms with Crippen LogP contribution in [0.1, 0.15) is 19.3 Å². The van der Waals surface area contributed by atoms with Crippen LogP contribution in [-0.2, 0) is 9.59 Å². The van der Waals surface area contributed by atoms with Crippen LogP contribution in [0.15, 0.2) is 0 Å². The molecule has 6 heteroatoms. The lowest BCUT2D eigenvalue weighted by Crippen LogP contribution is -2.41. The van der Waals surface area contributed by atoms with Crippen molar-refractivity contribution in [1.82, 2.24) is 15.1 Å². The molecule has 0 aromatic rings. The standard InChI is InChI=1S/C13H25N3O3/c1-15(2)12(17)5-7-16-6-3-4-11(10-16)8-14-9-13(18)19/h11,14H,3-10H2,1-2H3,(H,18,19). The summed E-state index contributed by atoms with van der Waals surface area (Å²) in [6.45, 7) is 3.55. The third kappa shape index (κ3) is 6.54. The third-order valence-electron chi connectivity index (χ3n) is 3.45. The van der Waals surface area contributed by atoms with Gasteiger partial charge < -0.3 is 20.2 Å². The number of piperidine rings is 1. The minimum Gasteiger partial charge on any atom is -0.480 e. The highest BCUT2D eigenvalue weighted by atomic mass is 16.4. The van der Waals surface area contributed by atoms with Crippen LogP contribution >= 0.6 is 0 Å². The number of amides is 1. The first-order chi connectivity index (χ1) is 8.99. The van der Waals surface area contributed by atoms with Crippen LogP contribution in [0.3, 0.4) is 0 Å². The zero-order valence-electron chi connectivity index (χ0n) is 11.9. The Balaban J connectivity index is 2.22.